The average molecular weight is 312 g/mol. The minimum absolute atomic E-state index is 0.0144. The van der Waals surface area contributed by atoms with Gasteiger partial charge in [-0.3, -0.25) is 4.57 Å². The van der Waals surface area contributed by atoms with Gasteiger partial charge in [0.1, 0.15) is 17.4 Å². The molecule has 94 valence electrons. The van der Waals surface area contributed by atoms with Crippen LogP contribution in [0.25, 0.3) is 11.0 Å². The SMILES string of the molecule is CON=C(C(=O)OC)n1ccc2ccc(Br)nc21. The lowest BCUT2D eigenvalue weighted by Gasteiger charge is -2.05. The number of oxime groups is 1. The van der Waals surface area contributed by atoms with Crippen molar-refractivity contribution in [1.82, 2.24) is 9.55 Å². The molecule has 0 saturated heterocycles. The van der Waals surface area contributed by atoms with Crippen molar-refractivity contribution in [2.45, 2.75) is 0 Å². The first-order valence-electron chi connectivity index (χ1n) is 5.01. The predicted octanol–water partition coefficient (Wildman–Crippen LogP) is 1.78. The summed E-state index contributed by atoms with van der Waals surface area (Å²) in [7, 11) is 2.64. The van der Waals surface area contributed by atoms with Crippen LogP contribution in [0, 0.1) is 0 Å². The van der Waals surface area contributed by atoms with E-state index in [4.69, 9.17) is 0 Å². The van der Waals surface area contributed by atoms with Crippen LogP contribution in [0.1, 0.15) is 0 Å². The van der Waals surface area contributed by atoms with Gasteiger partial charge in [0, 0.05) is 11.6 Å². The number of carbonyl (C=O) groups excluding carboxylic acids is 1. The first-order chi connectivity index (χ1) is 8.67. The summed E-state index contributed by atoms with van der Waals surface area (Å²) in [6.07, 6.45) is 1.68. The van der Waals surface area contributed by atoms with Crippen LogP contribution in [0.2, 0.25) is 0 Å². The number of methoxy groups -OCH3 is 1. The molecule has 0 fully saturated rings. The fraction of sp³-hybridized carbons (Fsp3) is 0.182. The van der Waals surface area contributed by atoms with Crippen molar-refractivity contribution in [3.05, 3.63) is 29.0 Å². The number of pyridine rings is 1. The maximum Gasteiger partial charge on any atom is 0.378 e. The Morgan fingerprint density at radius 2 is 2.17 bits per heavy atom. The van der Waals surface area contributed by atoms with E-state index in [9.17, 15) is 4.79 Å². The number of fused-ring (bicyclic) bond motifs is 1. The van der Waals surface area contributed by atoms with Crippen molar-refractivity contribution in [3.63, 3.8) is 0 Å². The zero-order valence-corrected chi connectivity index (χ0v) is 11.3. The summed E-state index contributed by atoms with van der Waals surface area (Å²) < 4.78 is 6.83. The molecule has 0 N–H and O–H groups in total. The second kappa shape index (κ2) is 5.18. The Balaban J connectivity index is 2.61. The van der Waals surface area contributed by atoms with Crippen LogP contribution in [0.15, 0.2) is 34.2 Å². The lowest BCUT2D eigenvalue weighted by atomic mass is 10.3. The number of hydrogen-bond acceptors (Lipinski definition) is 5. The van der Waals surface area contributed by atoms with E-state index in [0.717, 1.165) is 5.39 Å². The van der Waals surface area contributed by atoms with Crippen LogP contribution in [-0.4, -0.2) is 35.6 Å². The van der Waals surface area contributed by atoms with Crippen molar-refractivity contribution in [2.24, 2.45) is 5.16 Å². The second-order valence-electron chi connectivity index (χ2n) is 3.32. The first kappa shape index (κ1) is 12.6. The Kier molecular flexibility index (Phi) is 3.61. The van der Waals surface area contributed by atoms with E-state index in [1.165, 1.54) is 18.8 Å². The molecule has 18 heavy (non-hydrogen) atoms. The topological polar surface area (TPSA) is 65.7 Å². The summed E-state index contributed by atoms with van der Waals surface area (Å²) in [5, 5.41) is 4.55. The van der Waals surface area contributed by atoms with Gasteiger partial charge in [0.15, 0.2) is 0 Å². The Morgan fingerprint density at radius 3 is 2.83 bits per heavy atom. The summed E-state index contributed by atoms with van der Waals surface area (Å²) in [5.41, 5.74) is 0.588. The number of carbonyl (C=O) groups is 1. The standard InChI is InChI=1S/C11H10BrN3O3/c1-17-11(16)10(14-18-2)15-6-5-7-3-4-8(12)13-9(7)15/h3-6H,1-2H3. The number of halogens is 1. The highest BCUT2D eigenvalue weighted by Gasteiger charge is 2.18. The van der Waals surface area contributed by atoms with Crippen LogP contribution in [0.4, 0.5) is 0 Å². The highest BCUT2D eigenvalue weighted by molar-refractivity contribution is 9.10. The highest BCUT2D eigenvalue weighted by Crippen LogP contribution is 2.17. The van der Waals surface area contributed by atoms with E-state index in [0.29, 0.717) is 10.3 Å². The molecule has 0 unspecified atom stereocenters. The van der Waals surface area contributed by atoms with Gasteiger partial charge in [-0.25, -0.2) is 9.78 Å². The van der Waals surface area contributed by atoms with E-state index < -0.39 is 5.97 Å². The molecule has 6 nitrogen and oxygen atoms in total. The van der Waals surface area contributed by atoms with Crippen LogP contribution in [-0.2, 0) is 14.4 Å². The average Bonchev–Trinajstić information content (AvgIpc) is 2.78. The molecule has 0 aromatic carbocycles. The van der Waals surface area contributed by atoms with Crippen LogP contribution in [0.5, 0.6) is 0 Å². The summed E-state index contributed by atoms with van der Waals surface area (Å²) in [6, 6.07) is 5.52. The third kappa shape index (κ3) is 2.21. The van der Waals surface area contributed by atoms with E-state index in [1.807, 2.05) is 18.2 Å². The zero-order chi connectivity index (χ0) is 13.1. The molecule has 0 bridgehead atoms. The van der Waals surface area contributed by atoms with Crippen molar-refractivity contribution in [2.75, 3.05) is 14.2 Å². The summed E-state index contributed by atoms with van der Waals surface area (Å²) >= 11 is 3.28. The largest absolute Gasteiger partial charge is 0.463 e. The van der Waals surface area contributed by atoms with Gasteiger partial charge in [-0.05, 0) is 34.1 Å². The monoisotopic (exact) mass is 311 g/mol. The van der Waals surface area contributed by atoms with Gasteiger partial charge in [-0.1, -0.05) is 5.16 Å². The molecule has 0 radical (unpaired) electrons. The Labute approximate surface area is 111 Å². The fourth-order valence-electron chi connectivity index (χ4n) is 1.51. The molecule has 2 aromatic heterocycles. The zero-order valence-electron chi connectivity index (χ0n) is 9.75. The predicted molar refractivity (Wildman–Crippen MR) is 69.3 cm³/mol. The van der Waals surface area contributed by atoms with Crippen LogP contribution < -0.4 is 0 Å². The number of ether oxygens (including phenoxy) is 1. The normalized spacial score (nSPS) is 11.6. The third-order valence-corrected chi connectivity index (χ3v) is 2.72. The smallest absolute Gasteiger partial charge is 0.378 e. The lowest BCUT2D eigenvalue weighted by Crippen LogP contribution is -2.24. The van der Waals surface area contributed by atoms with Gasteiger partial charge in [-0.2, -0.15) is 0 Å². The van der Waals surface area contributed by atoms with Gasteiger partial charge in [0.05, 0.1) is 7.11 Å². The van der Waals surface area contributed by atoms with Crippen molar-refractivity contribution in [1.29, 1.82) is 0 Å². The Morgan fingerprint density at radius 1 is 1.39 bits per heavy atom. The minimum atomic E-state index is -0.601. The lowest BCUT2D eigenvalue weighted by molar-refractivity contribution is -0.133. The van der Waals surface area contributed by atoms with Crippen LogP contribution in [0.3, 0.4) is 0 Å². The maximum absolute atomic E-state index is 11.6. The number of rotatable bonds is 1. The first-order valence-corrected chi connectivity index (χ1v) is 5.80. The second-order valence-corrected chi connectivity index (χ2v) is 4.13. The summed E-state index contributed by atoms with van der Waals surface area (Å²) in [5.74, 6) is -0.586. The van der Waals surface area contributed by atoms with E-state index >= 15 is 0 Å². The fourth-order valence-corrected chi connectivity index (χ4v) is 1.81. The van der Waals surface area contributed by atoms with Crippen LogP contribution >= 0.6 is 15.9 Å². The molecule has 0 aliphatic heterocycles. The molecule has 0 saturated carbocycles. The van der Waals surface area contributed by atoms with Gasteiger partial charge < -0.3 is 9.57 Å². The summed E-state index contributed by atoms with van der Waals surface area (Å²) in [4.78, 5) is 20.6. The molecule has 0 amide bonds. The molecule has 0 atom stereocenters. The molecule has 7 heteroatoms. The van der Waals surface area contributed by atoms with Crippen molar-refractivity contribution < 1.29 is 14.4 Å². The Hall–Kier alpha value is -1.89. The number of nitrogens with zero attached hydrogens (tertiary/aromatic N) is 3. The Bertz CT molecular complexity index is 621. The van der Waals surface area contributed by atoms with E-state index in [2.05, 4.69) is 35.6 Å². The molecule has 0 spiro atoms. The molecule has 0 aliphatic carbocycles. The third-order valence-electron chi connectivity index (χ3n) is 2.28. The van der Waals surface area contributed by atoms with Gasteiger partial charge in [-0.15, -0.1) is 0 Å². The minimum Gasteiger partial charge on any atom is -0.463 e. The van der Waals surface area contributed by atoms with Gasteiger partial charge in [0.2, 0.25) is 0 Å². The van der Waals surface area contributed by atoms with Crippen molar-refractivity contribution in [3.8, 4) is 0 Å². The number of esters is 1. The maximum atomic E-state index is 11.6. The van der Waals surface area contributed by atoms with Gasteiger partial charge >= 0.3 is 5.97 Å². The van der Waals surface area contributed by atoms with E-state index in [-0.39, 0.29) is 5.84 Å². The number of hydrogen-bond donors (Lipinski definition) is 0. The van der Waals surface area contributed by atoms with E-state index in [1.54, 1.807) is 6.20 Å². The van der Waals surface area contributed by atoms with Crippen molar-refractivity contribution >= 4 is 38.8 Å². The number of aromatic nitrogens is 2. The molecular formula is C11H10BrN3O3. The molecule has 0 aliphatic rings. The quantitative estimate of drug-likeness (QED) is 0.265. The molecule has 2 rings (SSSR count). The summed E-state index contributed by atoms with van der Waals surface area (Å²) in [6.45, 7) is 0. The molecule has 2 heterocycles. The molecular weight excluding hydrogens is 302 g/mol. The van der Waals surface area contributed by atoms with Gasteiger partial charge in [0.25, 0.3) is 5.84 Å². The molecule has 2 aromatic rings. The highest BCUT2D eigenvalue weighted by atomic mass is 79.9.